The maximum atomic E-state index is 13.9. The number of hydrogen-bond acceptors (Lipinski definition) is 6. The first-order valence-corrected chi connectivity index (χ1v) is 18.0. The van der Waals surface area contributed by atoms with E-state index in [1.807, 2.05) is 18.7 Å². The quantitative estimate of drug-likeness (QED) is 0.124. The molecule has 1 fully saturated rings. The number of hydrogen-bond donors (Lipinski definition) is 4. The molecule has 0 spiro atoms. The maximum absolute atomic E-state index is 13.9. The lowest BCUT2D eigenvalue weighted by Gasteiger charge is -2.30. The number of para-hydroxylation sites is 1. The molecule has 0 bridgehead atoms. The number of aromatic amines is 2. The lowest BCUT2D eigenvalue weighted by Crippen LogP contribution is -2.32. The molecule has 1 aliphatic rings. The monoisotopic (exact) mass is 805 g/mol. The van der Waals surface area contributed by atoms with E-state index in [0.29, 0.717) is 38.6 Å². The van der Waals surface area contributed by atoms with E-state index in [1.165, 1.54) is 31.5 Å². The van der Waals surface area contributed by atoms with Crippen molar-refractivity contribution in [2.24, 2.45) is 0 Å². The molecule has 7 rings (SSSR count). The van der Waals surface area contributed by atoms with Crippen molar-refractivity contribution in [3.05, 3.63) is 140 Å². The molecule has 0 aliphatic carbocycles. The van der Waals surface area contributed by atoms with E-state index in [2.05, 4.69) is 25.3 Å². The molecule has 302 valence electrons. The van der Waals surface area contributed by atoms with Crippen LogP contribution in [0.1, 0.15) is 64.1 Å². The fraction of sp³-hybridized carbons (Fsp3) is 0.238. The second-order valence-corrected chi connectivity index (χ2v) is 13.9. The molecule has 2 amide bonds. The number of aryl methyl sites for hydroxylation is 2. The van der Waals surface area contributed by atoms with Gasteiger partial charge in [-0.1, -0.05) is 24.3 Å². The van der Waals surface area contributed by atoms with Gasteiger partial charge in [-0.05, 0) is 106 Å². The Morgan fingerprint density at radius 1 is 0.707 bits per heavy atom. The summed E-state index contributed by atoms with van der Waals surface area (Å²) >= 11 is 0. The van der Waals surface area contributed by atoms with Crippen molar-refractivity contribution >= 4 is 50.7 Å². The van der Waals surface area contributed by atoms with Crippen LogP contribution in [0.2, 0.25) is 0 Å². The lowest BCUT2D eigenvalue weighted by atomic mass is 10.1. The number of carbonyl (C=O) groups excluding carboxylic acids is 2. The summed E-state index contributed by atoms with van der Waals surface area (Å²) < 4.78 is 82.2. The average Bonchev–Trinajstić information content (AvgIpc) is 3.49. The summed E-state index contributed by atoms with van der Waals surface area (Å²) in [6, 6.07) is 19.6. The number of amides is 2. The van der Waals surface area contributed by atoms with Gasteiger partial charge in [0, 0.05) is 57.7 Å². The molecule has 0 unspecified atom stereocenters. The molecule has 0 radical (unpaired) electrons. The predicted octanol–water partition coefficient (Wildman–Crippen LogP) is 9.47. The number of nitrogens with zero attached hydrogens (tertiary/aromatic N) is 1. The van der Waals surface area contributed by atoms with E-state index in [4.69, 9.17) is 0 Å². The Bertz CT molecular complexity index is 2640. The van der Waals surface area contributed by atoms with Crippen LogP contribution in [-0.2, 0) is 6.18 Å². The van der Waals surface area contributed by atoms with Gasteiger partial charge in [0.15, 0.2) is 0 Å². The van der Waals surface area contributed by atoms with Crippen molar-refractivity contribution < 1.29 is 40.7 Å². The normalized spacial score (nSPS) is 15.5. The van der Waals surface area contributed by atoms with Crippen LogP contribution in [-0.4, -0.2) is 40.2 Å². The number of H-pyrrole nitrogens is 2. The van der Waals surface area contributed by atoms with E-state index in [0.717, 1.165) is 31.0 Å². The van der Waals surface area contributed by atoms with Crippen molar-refractivity contribution in [1.82, 2.24) is 9.97 Å². The highest BCUT2D eigenvalue weighted by Crippen LogP contribution is 2.40. The molecule has 16 heteroatoms. The van der Waals surface area contributed by atoms with E-state index in [1.54, 1.807) is 55.5 Å². The molecule has 58 heavy (non-hydrogen) atoms. The first-order chi connectivity index (χ1) is 27.3. The third-order valence-electron chi connectivity index (χ3n) is 9.88. The SMILES string of the molecule is Cc1cc(OC(F)(F)F)ccc1NC(=O)c1c[nH]c2ccccc2c1=O.Cc1cccc2[nH]cc(C(=O)Nc3ccc(N4[C@H](C)CC[C@H]4C)cc3C(F)(F)F)c(=O)c12. The Morgan fingerprint density at radius 3 is 1.93 bits per heavy atom. The van der Waals surface area contributed by atoms with Crippen LogP contribution in [0, 0.1) is 13.8 Å². The molecule has 2 aromatic heterocycles. The van der Waals surface area contributed by atoms with Crippen molar-refractivity contribution in [3.63, 3.8) is 0 Å². The van der Waals surface area contributed by atoms with E-state index < -0.39 is 46.5 Å². The van der Waals surface area contributed by atoms with Gasteiger partial charge >= 0.3 is 12.5 Å². The third-order valence-corrected chi connectivity index (χ3v) is 9.88. The van der Waals surface area contributed by atoms with E-state index in [-0.39, 0.29) is 34.6 Å². The first kappa shape index (κ1) is 41.1. The summed E-state index contributed by atoms with van der Waals surface area (Å²) in [6.45, 7) is 7.23. The first-order valence-electron chi connectivity index (χ1n) is 18.0. The molecule has 1 aliphatic heterocycles. The number of halogens is 6. The number of carbonyl (C=O) groups is 2. The van der Waals surface area contributed by atoms with Crippen LogP contribution in [0.4, 0.5) is 43.4 Å². The Labute approximate surface area is 326 Å². The number of nitrogens with one attached hydrogen (secondary N) is 4. The molecule has 0 saturated carbocycles. The van der Waals surface area contributed by atoms with Gasteiger partial charge < -0.3 is 30.2 Å². The Kier molecular flexibility index (Phi) is 11.4. The van der Waals surface area contributed by atoms with Crippen LogP contribution in [0.15, 0.2) is 101 Å². The largest absolute Gasteiger partial charge is 0.573 e. The number of anilines is 3. The van der Waals surface area contributed by atoms with Gasteiger partial charge in [-0.2, -0.15) is 13.2 Å². The molecule has 6 aromatic rings. The van der Waals surface area contributed by atoms with Gasteiger partial charge in [-0.25, -0.2) is 0 Å². The van der Waals surface area contributed by atoms with Gasteiger partial charge in [0.25, 0.3) is 11.8 Å². The molecule has 4 N–H and O–H groups in total. The van der Waals surface area contributed by atoms with Gasteiger partial charge in [0.2, 0.25) is 10.9 Å². The van der Waals surface area contributed by atoms with E-state index in [9.17, 15) is 45.5 Å². The van der Waals surface area contributed by atoms with Gasteiger partial charge in [-0.3, -0.25) is 19.2 Å². The Balaban J connectivity index is 0.000000200. The molecular weight excluding hydrogens is 768 g/mol. The van der Waals surface area contributed by atoms with Crippen LogP contribution < -0.4 is 31.1 Å². The summed E-state index contributed by atoms with van der Waals surface area (Å²) in [4.78, 5) is 58.2. The third kappa shape index (κ3) is 8.85. The minimum Gasteiger partial charge on any atom is -0.406 e. The van der Waals surface area contributed by atoms with Crippen LogP contribution in [0.3, 0.4) is 0 Å². The van der Waals surface area contributed by atoms with Crippen molar-refractivity contribution in [1.29, 1.82) is 0 Å². The van der Waals surface area contributed by atoms with Gasteiger partial charge in [-0.15, -0.1) is 13.2 Å². The zero-order valence-corrected chi connectivity index (χ0v) is 31.5. The smallest absolute Gasteiger partial charge is 0.406 e. The topological polar surface area (TPSA) is 136 Å². The fourth-order valence-electron chi connectivity index (χ4n) is 7.04. The highest BCUT2D eigenvalue weighted by Gasteiger charge is 2.37. The number of aromatic nitrogens is 2. The van der Waals surface area contributed by atoms with Crippen molar-refractivity contribution in [3.8, 4) is 5.75 Å². The zero-order chi connectivity index (χ0) is 42.1. The van der Waals surface area contributed by atoms with Crippen LogP contribution in [0.25, 0.3) is 21.8 Å². The molecule has 1 saturated heterocycles. The summed E-state index contributed by atoms with van der Waals surface area (Å²) in [5.74, 6) is -1.95. The Hall–Kier alpha value is -6.58. The highest BCUT2D eigenvalue weighted by atomic mass is 19.4. The van der Waals surface area contributed by atoms with Crippen molar-refractivity contribution in [2.75, 3.05) is 15.5 Å². The van der Waals surface area contributed by atoms with Crippen molar-refractivity contribution in [2.45, 2.75) is 65.2 Å². The number of benzene rings is 4. The Morgan fingerprint density at radius 2 is 1.29 bits per heavy atom. The average molecular weight is 806 g/mol. The standard InChI is InChI=1S/C24H24F3N3O2.C18H13F3N2O3/c1-13-5-4-6-20-21(13)22(31)17(12-28-20)23(32)29-19-10-9-16(11-18(19)24(25,26)27)30-14(2)7-8-15(30)3;1-10-8-11(26-18(19,20)21)6-7-14(10)23-17(25)13-9-22-15-5-3-2-4-12(15)16(13)24/h4-6,9-12,14-15H,7-8H2,1-3H3,(H,28,31)(H,29,32);2-9H,1H3,(H,22,24)(H,23,25)/t14-,15-;/m1./s1. The van der Waals surface area contributed by atoms with Gasteiger partial charge in [0.1, 0.15) is 16.9 Å². The summed E-state index contributed by atoms with van der Waals surface area (Å²) in [6.07, 6.45) is -5.12. The van der Waals surface area contributed by atoms with Gasteiger partial charge in [0.05, 0.1) is 11.3 Å². The number of alkyl halides is 6. The second kappa shape index (κ2) is 16.1. The molecular formula is C42H37F6N5O5. The highest BCUT2D eigenvalue weighted by molar-refractivity contribution is 6.07. The predicted molar refractivity (Wildman–Crippen MR) is 210 cm³/mol. The number of pyridine rings is 2. The van der Waals surface area contributed by atoms with Crippen LogP contribution >= 0.6 is 0 Å². The second-order valence-electron chi connectivity index (χ2n) is 13.9. The number of rotatable bonds is 6. The molecule has 10 nitrogen and oxygen atoms in total. The zero-order valence-electron chi connectivity index (χ0n) is 31.5. The molecule has 3 heterocycles. The minimum absolute atomic E-state index is 0.0984. The molecule has 4 aromatic carbocycles. The summed E-state index contributed by atoms with van der Waals surface area (Å²) in [5.41, 5.74) is 0.293. The fourth-order valence-corrected chi connectivity index (χ4v) is 7.04. The molecule has 2 atom stereocenters. The lowest BCUT2D eigenvalue weighted by molar-refractivity contribution is -0.274. The maximum Gasteiger partial charge on any atom is 0.573 e. The number of fused-ring (bicyclic) bond motifs is 2. The summed E-state index contributed by atoms with van der Waals surface area (Å²) in [7, 11) is 0. The summed E-state index contributed by atoms with van der Waals surface area (Å²) in [5, 5.41) is 5.53. The van der Waals surface area contributed by atoms with Crippen LogP contribution in [0.5, 0.6) is 5.75 Å². The van der Waals surface area contributed by atoms with E-state index >= 15 is 0 Å². The minimum atomic E-state index is -4.80. The number of ether oxygens (including phenoxy) is 1.